The van der Waals surface area contributed by atoms with E-state index in [1.165, 1.54) is 63.3 Å². The summed E-state index contributed by atoms with van der Waals surface area (Å²) >= 11 is 1.20. The Labute approximate surface area is 98.7 Å². The summed E-state index contributed by atoms with van der Waals surface area (Å²) in [5.74, 6) is 0. The Morgan fingerprint density at radius 3 is 2.00 bits per heavy atom. The van der Waals surface area contributed by atoms with Gasteiger partial charge < -0.3 is 0 Å². The van der Waals surface area contributed by atoms with Crippen LogP contribution in [-0.4, -0.2) is 11.7 Å². The lowest BCUT2D eigenvalue weighted by molar-refractivity contribution is 0.481. The number of unbranched alkanes of at least 4 members (excludes halogenated alkanes) is 4. The van der Waals surface area contributed by atoms with E-state index < -0.39 is 0 Å². The van der Waals surface area contributed by atoms with Crippen molar-refractivity contribution >= 4 is 17.6 Å². The molecule has 0 aliphatic heterocycles. The molecule has 3 heteroatoms. The zero-order chi connectivity index (χ0) is 11.4. The summed E-state index contributed by atoms with van der Waals surface area (Å²) in [4.78, 5) is 10.3. The minimum atomic E-state index is 0.526. The minimum Gasteiger partial charge on any atom is -0.290 e. The highest BCUT2D eigenvalue weighted by molar-refractivity contribution is 8.10. The molecule has 0 bridgehead atoms. The van der Waals surface area contributed by atoms with Crippen molar-refractivity contribution in [1.29, 1.82) is 0 Å². The van der Waals surface area contributed by atoms with E-state index in [0.717, 1.165) is 5.62 Å². The predicted octanol–water partition coefficient (Wildman–Crippen LogP) is 3.94. The largest absolute Gasteiger partial charge is 0.290 e. The molecule has 0 spiro atoms. The third-order valence-corrected chi connectivity index (χ3v) is 3.16. The molecule has 0 aromatic carbocycles. The van der Waals surface area contributed by atoms with Gasteiger partial charge in [-0.05, 0) is 24.8 Å². The third-order valence-electron chi connectivity index (χ3n) is 2.60. The van der Waals surface area contributed by atoms with Gasteiger partial charge in [0, 0.05) is 6.04 Å². The van der Waals surface area contributed by atoms with Crippen molar-refractivity contribution in [3.63, 3.8) is 0 Å². The quantitative estimate of drug-likeness (QED) is 0.332. The van der Waals surface area contributed by atoms with Gasteiger partial charge in [0.1, 0.15) is 0 Å². The molecule has 15 heavy (non-hydrogen) atoms. The van der Waals surface area contributed by atoms with Crippen LogP contribution in [0.25, 0.3) is 0 Å². The van der Waals surface area contributed by atoms with Gasteiger partial charge in [-0.2, -0.15) is 0 Å². The predicted molar refractivity (Wildman–Crippen MR) is 69.5 cm³/mol. The van der Waals surface area contributed by atoms with Crippen LogP contribution in [-0.2, 0) is 4.79 Å². The maximum absolute atomic E-state index is 10.3. The SMILES string of the molecule is CCCCCC(CCCCC)NSC=O. The lowest BCUT2D eigenvalue weighted by Gasteiger charge is -2.16. The summed E-state index contributed by atoms with van der Waals surface area (Å²) in [6, 6.07) is 0.526. The number of carbonyl (C=O) groups is 1. The number of carbonyl (C=O) groups excluding carboxylic acids is 1. The summed E-state index contributed by atoms with van der Waals surface area (Å²) in [5.41, 5.74) is 0.882. The molecule has 0 heterocycles. The van der Waals surface area contributed by atoms with Crippen molar-refractivity contribution in [3.05, 3.63) is 0 Å². The van der Waals surface area contributed by atoms with Crippen molar-refractivity contribution in [2.75, 3.05) is 0 Å². The highest BCUT2D eigenvalue weighted by Gasteiger charge is 2.07. The standard InChI is InChI=1S/C12H25NOS/c1-3-5-7-9-12(13-15-11-14)10-8-6-4-2/h11-13H,3-10H2,1-2H3. The molecule has 0 saturated carbocycles. The van der Waals surface area contributed by atoms with Crippen LogP contribution in [0.5, 0.6) is 0 Å². The van der Waals surface area contributed by atoms with E-state index in [2.05, 4.69) is 18.6 Å². The lowest BCUT2D eigenvalue weighted by Crippen LogP contribution is -2.23. The number of rotatable bonds is 11. The topological polar surface area (TPSA) is 29.1 Å². The zero-order valence-corrected chi connectivity index (χ0v) is 10.9. The second-order valence-electron chi connectivity index (χ2n) is 4.02. The molecule has 0 amide bonds. The summed E-state index contributed by atoms with van der Waals surface area (Å²) in [6.07, 6.45) is 10.1. The van der Waals surface area contributed by atoms with Crippen LogP contribution in [0.2, 0.25) is 0 Å². The van der Waals surface area contributed by atoms with Gasteiger partial charge in [-0.25, -0.2) is 0 Å². The summed E-state index contributed by atoms with van der Waals surface area (Å²) in [7, 11) is 0. The van der Waals surface area contributed by atoms with Crippen LogP contribution in [0.15, 0.2) is 0 Å². The average molecular weight is 231 g/mol. The van der Waals surface area contributed by atoms with Crippen LogP contribution in [0.3, 0.4) is 0 Å². The molecule has 0 aromatic rings. The van der Waals surface area contributed by atoms with Gasteiger partial charge in [-0.3, -0.25) is 9.52 Å². The Kier molecular flexibility index (Phi) is 12.0. The van der Waals surface area contributed by atoms with Crippen molar-refractivity contribution in [3.8, 4) is 0 Å². The molecular formula is C12H25NOS. The highest BCUT2D eigenvalue weighted by atomic mass is 32.2. The molecule has 0 aliphatic rings. The van der Waals surface area contributed by atoms with E-state index in [9.17, 15) is 4.79 Å². The smallest absolute Gasteiger partial charge is 0.191 e. The monoisotopic (exact) mass is 231 g/mol. The summed E-state index contributed by atoms with van der Waals surface area (Å²) in [6.45, 7) is 4.44. The van der Waals surface area contributed by atoms with E-state index in [4.69, 9.17) is 0 Å². The van der Waals surface area contributed by atoms with E-state index in [1.54, 1.807) is 0 Å². The molecule has 0 saturated heterocycles. The minimum absolute atomic E-state index is 0.526. The lowest BCUT2D eigenvalue weighted by atomic mass is 10.0. The first kappa shape index (κ1) is 15.0. The average Bonchev–Trinajstić information content (AvgIpc) is 2.25. The van der Waals surface area contributed by atoms with Crippen LogP contribution < -0.4 is 4.72 Å². The van der Waals surface area contributed by atoms with Crippen molar-refractivity contribution in [2.24, 2.45) is 0 Å². The van der Waals surface area contributed by atoms with E-state index in [-0.39, 0.29) is 0 Å². The van der Waals surface area contributed by atoms with E-state index in [0.29, 0.717) is 6.04 Å². The van der Waals surface area contributed by atoms with Crippen LogP contribution in [0.1, 0.15) is 65.2 Å². The fourth-order valence-corrected chi connectivity index (χ4v) is 2.15. The van der Waals surface area contributed by atoms with Crippen LogP contribution in [0, 0.1) is 0 Å². The van der Waals surface area contributed by atoms with Crippen molar-refractivity contribution < 1.29 is 4.79 Å². The molecule has 0 rings (SSSR count). The molecule has 0 aliphatic carbocycles. The normalized spacial score (nSPS) is 10.9. The van der Waals surface area contributed by atoms with Crippen molar-refractivity contribution in [2.45, 2.75) is 71.3 Å². The van der Waals surface area contributed by atoms with Crippen molar-refractivity contribution in [1.82, 2.24) is 4.72 Å². The van der Waals surface area contributed by atoms with Gasteiger partial charge in [0.15, 0.2) is 5.62 Å². The second-order valence-corrected chi connectivity index (χ2v) is 4.68. The van der Waals surface area contributed by atoms with Gasteiger partial charge >= 0.3 is 0 Å². The molecule has 0 unspecified atom stereocenters. The molecule has 0 radical (unpaired) electrons. The Hall–Kier alpha value is -0.0200. The zero-order valence-electron chi connectivity index (χ0n) is 10.1. The van der Waals surface area contributed by atoms with Gasteiger partial charge in [-0.15, -0.1) is 0 Å². The Morgan fingerprint density at radius 2 is 1.60 bits per heavy atom. The molecule has 2 nitrogen and oxygen atoms in total. The van der Waals surface area contributed by atoms with Gasteiger partial charge in [-0.1, -0.05) is 52.4 Å². The molecular weight excluding hydrogens is 206 g/mol. The summed E-state index contributed by atoms with van der Waals surface area (Å²) in [5, 5.41) is 0. The van der Waals surface area contributed by atoms with Gasteiger partial charge in [0.05, 0.1) is 0 Å². The van der Waals surface area contributed by atoms with E-state index >= 15 is 0 Å². The second kappa shape index (κ2) is 12.1. The maximum atomic E-state index is 10.3. The number of nitrogens with one attached hydrogen (secondary N) is 1. The molecule has 0 atom stereocenters. The molecule has 1 N–H and O–H groups in total. The molecule has 0 fully saturated rings. The Bertz CT molecular complexity index is 132. The fourth-order valence-electron chi connectivity index (χ4n) is 1.67. The molecule has 0 aromatic heterocycles. The van der Waals surface area contributed by atoms with Crippen LogP contribution >= 0.6 is 11.9 Å². The number of hydrogen-bond donors (Lipinski definition) is 1. The summed E-state index contributed by atoms with van der Waals surface area (Å²) < 4.78 is 3.24. The first-order valence-electron chi connectivity index (χ1n) is 6.19. The Morgan fingerprint density at radius 1 is 1.07 bits per heavy atom. The van der Waals surface area contributed by atoms with E-state index in [1.807, 2.05) is 0 Å². The maximum Gasteiger partial charge on any atom is 0.191 e. The molecule has 90 valence electrons. The Balaban J connectivity index is 3.57. The first-order valence-corrected chi connectivity index (χ1v) is 7.07. The van der Waals surface area contributed by atoms with Gasteiger partial charge in [0.2, 0.25) is 0 Å². The van der Waals surface area contributed by atoms with Gasteiger partial charge in [0.25, 0.3) is 0 Å². The van der Waals surface area contributed by atoms with Crippen LogP contribution in [0.4, 0.5) is 0 Å². The first-order chi connectivity index (χ1) is 7.35. The highest BCUT2D eigenvalue weighted by Crippen LogP contribution is 2.12. The number of hydrogen-bond acceptors (Lipinski definition) is 3. The fraction of sp³-hybridized carbons (Fsp3) is 0.917. The third kappa shape index (κ3) is 10.3.